The van der Waals surface area contributed by atoms with Crippen molar-refractivity contribution in [1.29, 1.82) is 0 Å². The van der Waals surface area contributed by atoms with E-state index >= 15 is 0 Å². The third-order valence-electron chi connectivity index (χ3n) is 3.60. The molecule has 1 heterocycles. The molecule has 0 fully saturated rings. The molecule has 0 bridgehead atoms. The monoisotopic (exact) mass is 567 g/mol. The normalized spacial score (nSPS) is 13.5. The van der Waals surface area contributed by atoms with Gasteiger partial charge in [-0.1, -0.05) is 0 Å². The average molecular weight is 568 g/mol. The number of alkyl halides is 6. The van der Waals surface area contributed by atoms with Gasteiger partial charge in [0, 0.05) is 25.9 Å². The van der Waals surface area contributed by atoms with Crippen LogP contribution in [-0.4, -0.2) is 61.0 Å². The molecule has 0 saturated heterocycles. The van der Waals surface area contributed by atoms with Gasteiger partial charge in [-0.05, 0) is 27.2 Å². The molecular weight excluding hydrogens is 540 g/mol. The van der Waals surface area contributed by atoms with E-state index in [0.29, 0.717) is 19.8 Å². The minimum atomic E-state index is -6.72. The Morgan fingerprint density at radius 3 is 1.59 bits per heavy atom. The van der Waals surface area contributed by atoms with Crippen LogP contribution in [0.3, 0.4) is 0 Å². The van der Waals surface area contributed by atoms with Gasteiger partial charge in [0.1, 0.15) is 12.4 Å². The molecular formula is C15H27F6N3O7S2Si. The van der Waals surface area contributed by atoms with E-state index in [4.69, 9.17) is 13.3 Å². The molecule has 34 heavy (non-hydrogen) atoms. The van der Waals surface area contributed by atoms with Crippen molar-refractivity contribution < 1.29 is 61.0 Å². The molecule has 19 heteroatoms. The minimum Gasteiger partial charge on any atom is -0.421 e. The van der Waals surface area contributed by atoms with Crippen LogP contribution in [0.15, 0.2) is 18.7 Å². The Morgan fingerprint density at radius 1 is 0.882 bits per heavy atom. The molecule has 0 saturated carbocycles. The van der Waals surface area contributed by atoms with E-state index in [9.17, 15) is 43.2 Å². The van der Waals surface area contributed by atoms with Gasteiger partial charge < -0.3 is 17.4 Å². The molecule has 0 unspecified atom stereocenters. The number of hydrogen-bond donors (Lipinski definition) is 0. The molecule has 1 rings (SSSR count). The Labute approximate surface area is 195 Å². The van der Waals surface area contributed by atoms with Crippen molar-refractivity contribution >= 4 is 28.9 Å². The van der Waals surface area contributed by atoms with Gasteiger partial charge in [0.25, 0.3) is 0 Å². The SMILES string of the molecule is CCO[Si](CCCn1cc[n+](C)c1)(OCC)OCC.O=S(=O)([N-]S(=O)(=O)C(F)(F)F)C(F)(F)F. The maximum atomic E-state index is 11.4. The number of nitrogens with zero attached hydrogens (tertiary/aromatic N) is 3. The summed E-state index contributed by atoms with van der Waals surface area (Å²) in [4.78, 5) is 0. The summed E-state index contributed by atoms with van der Waals surface area (Å²) in [5.74, 6) is 0. The van der Waals surface area contributed by atoms with Gasteiger partial charge >= 0.3 is 19.8 Å². The standard InChI is InChI=1S/C13H27N2O3Si.C2F6NO4S2/c1-5-16-19(17-6-2,18-7-3)12-8-9-15-11-10-14(4)13-15;3-1(4,5)14(10,11)9-15(12,13)2(6,7)8/h10-11,13H,5-9,12H2,1-4H3;/q+1;-1. The number of rotatable bonds is 12. The molecule has 0 radical (unpaired) electrons. The summed E-state index contributed by atoms with van der Waals surface area (Å²) in [5.41, 5.74) is -12.4. The fourth-order valence-corrected chi connectivity index (χ4v) is 6.63. The van der Waals surface area contributed by atoms with E-state index in [1.165, 1.54) is 0 Å². The van der Waals surface area contributed by atoms with Gasteiger partial charge in [0.2, 0.25) is 6.33 Å². The maximum absolute atomic E-state index is 11.4. The topological polar surface area (TPSA) is 119 Å². The molecule has 1 aromatic heterocycles. The van der Waals surface area contributed by atoms with Crippen molar-refractivity contribution in [1.82, 2.24) is 4.57 Å². The van der Waals surface area contributed by atoms with Crippen molar-refractivity contribution in [2.24, 2.45) is 7.05 Å². The summed E-state index contributed by atoms with van der Waals surface area (Å²) in [7, 11) is -13.9. The van der Waals surface area contributed by atoms with Crippen molar-refractivity contribution in [2.75, 3.05) is 19.8 Å². The number of imidazole rings is 1. The van der Waals surface area contributed by atoms with Crippen molar-refractivity contribution in [3.8, 4) is 0 Å². The summed E-state index contributed by atoms with van der Waals surface area (Å²) in [6.45, 7) is 8.87. The summed E-state index contributed by atoms with van der Waals surface area (Å²) in [6.07, 6.45) is 7.19. The molecule has 0 aliphatic rings. The second-order valence-electron chi connectivity index (χ2n) is 6.32. The van der Waals surface area contributed by atoms with E-state index in [1.807, 2.05) is 38.6 Å². The number of hydrogen-bond acceptors (Lipinski definition) is 7. The summed E-state index contributed by atoms with van der Waals surface area (Å²) in [6, 6.07) is 0.865. The van der Waals surface area contributed by atoms with Crippen molar-refractivity contribution in [2.45, 2.75) is 50.8 Å². The van der Waals surface area contributed by atoms with E-state index in [-0.39, 0.29) is 0 Å². The number of sulfonamides is 2. The quantitative estimate of drug-likeness (QED) is 0.217. The van der Waals surface area contributed by atoms with Crippen LogP contribution < -0.4 is 4.57 Å². The smallest absolute Gasteiger partial charge is 0.421 e. The first-order valence-corrected chi connectivity index (χ1v) is 14.5. The van der Waals surface area contributed by atoms with E-state index in [1.54, 1.807) is 0 Å². The van der Waals surface area contributed by atoms with Gasteiger partial charge in [0.05, 0.1) is 13.6 Å². The average Bonchev–Trinajstić information content (AvgIpc) is 3.05. The van der Waals surface area contributed by atoms with Gasteiger partial charge in [-0.2, -0.15) is 26.3 Å². The largest absolute Gasteiger partial charge is 0.501 e. The maximum Gasteiger partial charge on any atom is 0.501 e. The van der Waals surface area contributed by atoms with Crippen LogP contribution in [0.5, 0.6) is 0 Å². The van der Waals surface area contributed by atoms with Crippen LogP contribution >= 0.6 is 0 Å². The Bertz CT molecular complexity index is 893. The van der Waals surface area contributed by atoms with Gasteiger partial charge in [0.15, 0.2) is 20.0 Å². The van der Waals surface area contributed by atoms with Crippen molar-refractivity contribution in [3.05, 3.63) is 22.8 Å². The lowest BCUT2D eigenvalue weighted by Crippen LogP contribution is -2.46. The molecule has 0 spiro atoms. The zero-order valence-corrected chi connectivity index (χ0v) is 21.4. The fourth-order valence-electron chi connectivity index (χ4n) is 2.33. The van der Waals surface area contributed by atoms with Crippen LogP contribution in [0.1, 0.15) is 27.2 Å². The molecule has 10 nitrogen and oxygen atoms in total. The van der Waals surface area contributed by atoms with Gasteiger partial charge in [-0.25, -0.2) is 26.0 Å². The molecule has 0 atom stereocenters. The van der Waals surface area contributed by atoms with Crippen LogP contribution in [0.4, 0.5) is 26.3 Å². The summed E-state index contributed by atoms with van der Waals surface area (Å²) < 4.78 is 131. The molecule has 0 aliphatic carbocycles. The predicted molar refractivity (Wildman–Crippen MR) is 109 cm³/mol. The van der Waals surface area contributed by atoms with Crippen LogP contribution in [0.25, 0.3) is 4.13 Å². The lowest BCUT2D eigenvalue weighted by molar-refractivity contribution is -0.671. The third kappa shape index (κ3) is 10.6. The Balaban J connectivity index is 0.000000661. The Kier molecular flexibility index (Phi) is 12.7. The Morgan fingerprint density at radius 2 is 1.29 bits per heavy atom. The number of aryl methyl sites for hydroxylation is 2. The van der Waals surface area contributed by atoms with E-state index in [0.717, 1.165) is 23.1 Å². The van der Waals surface area contributed by atoms with Gasteiger partial charge in [-0.3, -0.25) is 0 Å². The summed E-state index contributed by atoms with van der Waals surface area (Å²) in [5, 5.41) is 0. The first-order valence-electron chi connectivity index (χ1n) is 9.66. The first kappa shape index (κ1) is 32.7. The van der Waals surface area contributed by atoms with Gasteiger partial charge in [-0.15, -0.1) is 0 Å². The highest BCUT2D eigenvalue weighted by atomic mass is 32.3. The second kappa shape index (κ2) is 13.2. The molecule has 1 aromatic rings. The lowest BCUT2D eigenvalue weighted by atomic mass is 10.5. The molecule has 0 N–H and O–H groups in total. The predicted octanol–water partition coefficient (Wildman–Crippen LogP) is 2.81. The third-order valence-corrected chi connectivity index (χ3v) is 9.49. The first-order chi connectivity index (χ1) is 15.4. The highest BCUT2D eigenvalue weighted by Crippen LogP contribution is 2.36. The second-order valence-corrected chi connectivity index (χ2v) is 12.5. The van der Waals surface area contributed by atoms with Crippen LogP contribution in [0, 0.1) is 0 Å². The zero-order valence-electron chi connectivity index (χ0n) is 18.8. The van der Waals surface area contributed by atoms with Crippen LogP contribution in [0.2, 0.25) is 6.04 Å². The highest BCUT2D eigenvalue weighted by molar-refractivity contribution is 8.13. The molecule has 0 amide bonds. The lowest BCUT2D eigenvalue weighted by Gasteiger charge is -2.28. The summed E-state index contributed by atoms with van der Waals surface area (Å²) >= 11 is 0. The molecule has 202 valence electrons. The highest BCUT2D eigenvalue weighted by Gasteiger charge is 2.47. The Hall–Kier alpha value is -1.25. The molecule has 0 aromatic carbocycles. The van der Waals surface area contributed by atoms with E-state index in [2.05, 4.69) is 17.1 Å². The van der Waals surface area contributed by atoms with Crippen LogP contribution in [-0.2, 0) is 46.9 Å². The zero-order chi connectivity index (χ0) is 26.8. The fraction of sp³-hybridized carbons (Fsp3) is 0.800. The van der Waals surface area contributed by atoms with Crippen molar-refractivity contribution in [3.63, 3.8) is 0 Å². The minimum absolute atomic E-state index is 0.644. The van der Waals surface area contributed by atoms with E-state index < -0.39 is 39.9 Å². The molecule has 0 aliphatic heterocycles. The number of aromatic nitrogens is 2. The number of halogens is 6.